The van der Waals surface area contributed by atoms with Gasteiger partial charge in [0.15, 0.2) is 11.6 Å². The van der Waals surface area contributed by atoms with Gasteiger partial charge in [-0.1, -0.05) is 116 Å². The van der Waals surface area contributed by atoms with Crippen LogP contribution in [0.3, 0.4) is 0 Å². The Balaban J connectivity index is 2.39. The van der Waals surface area contributed by atoms with Gasteiger partial charge in [-0.25, -0.2) is 0 Å². The Bertz CT molecular complexity index is 793. The van der Waals surface area contributed by atoms with Crippen molar-refractivity contribution in [2.75, 3.05) is 0 Å². The van der Waals surface area contributed by atoms with Gasteiger partial charge in [-0.3, -0.25) is 9.59 Å². The summed E-state index contributed by atoms with van der Waals surface area (Å²) in [5.74, 6) is 2.64. The van der Waals surface area contributed by atoms with Crippen molar-refractivity contribution in [1.82, 2.24) is 0 Å². The fourth-order valence-corrected chi connectivity index (χ4v) is 6.06. The number of carbonyl (C=O) groups is 2. The van der Waals surface area contributed by atoms with Crippen LogP contribution in [0.25, 0.3) is 0 Å². The van der Waals surface area contributed by atoms with E-state index in [0.717, 1.165) is 11.1 Å². The topological polar surface area (TPSA) is 34.1 Å². The van der Waals surface area contributed by atoms with E-state index in [4.69, 9.17) is 0 Å². The third kappa shape index (κ3) is 5.68. The normalized spacial score (nSPS) is 14.5. The maximum Gasteiger partial charge on any atom is 0.169 e. The molecule has 166 valence electrons. The van der Waals surface area contributed by atoms with Crippen LogP contribution in [0.4, 0.5) is 0 Å². The lowest BCUT2D eigenvalue weighted by Crippen LogP contribution is -2.44. The molecule has 2 nitrogen and oxygen atoms in total. The summed E-state index contributed by atoms with van der Waals surface area (Å²) in [5, 5.41) is -0.0501. The van der Waals surface area contributed by atoms with Crippen LogP contribution >= 0.6 is 11.8 Å². The van der Waals surface area contributed by atoms with Gasteiger partial charge in [0.25, 0.3) is 0 Å². The van der Waals surface area contributed by atoms with Crippen molar-refractivity contribution in [3.8, 4) is 0 Å². The third-order valence-electron chi connectivity index (χ3n) is 5.87. The Morgan fingerprint density at radius 1 is 0.613 bits per heavy atom. The Kier molecular flexibility index (Phi) is 8.33. The van der Waals surface area contributed by atoms with Crippen molar-refractivity contribution in [3.05, 3.63) is 83.6 Å². The van der Waals surface area contributed by atoms with Crippen molar-refractivity contribution in [1.29, 1.82) is 0 Å². The van der Waals surface area contributed by atoms with Gasteiger partial charge in [0.1, 0.15) is 0 Å². The summed E-state index contributed by atoms with van der Waals surface area (Å²) in [6, 6.07) is 19.0. The van der Waals surface area contributed by atoms with Gasteiger partial charge < -0.3 is 0 Å². The van der Waals surface area contributed by atoms with Gasteiger partial charge in [-0.05, 0) is 11.8 Å². The molecule has 2 unspecified atom stereocenters. The molecule has 0 aromatic heterocycles. The summed E-state index contributed by atoms with van der Waals surface area (Å²) >= 11 is 1.75. The van der Waals surface area contributed by atoms with E-state index in [2.05, 4.69) is 27.7 Å². The zero-order valence-electron chi connectivity index (χ0n) is 20.2. The Hall–Kier alpha value is -1.87. The lowest BCUT2D eigenvalue weighted by molar-refractivity contribution is 0.0834. The van der Waals surface area contributed by atoms with Crippen molar-refractivity contribution < 1.29 is 9.59 Å². The smallest absolute Gasteiger partial charge is 0.169 e. The van der Waals surface area contributed by atoms with Crippen LogP contribution in [-0.2, 0) is 0 Å². The van der Waals surface area contributed by atoms with E-state index in [9.17, 15) is 9.59 Å². The minimum Gasteiger partial charge on any atom is -0.294 e. The molecular formula is C28H36O2S. The van der Waals surface area contributed by atoms with Crippen LogP contribution in [0.5, 0.6) is 0 Å². The number of hydrogen-bond donors (Lipinski definition) is 0. The molecule has 0 N–H and O–H groups in total. The van der Waals surface area contributed by atoms with E-state index in [0.29, 0.717) is 0 Å². The molecule has 31 heavy (non-hydrogen) atoms. The van der Waals surface area contributed by atoms with Crippen molar-refractivity contribution in [2.45, 2.75) is 65.9 Å². The zero-order chi connectivity index (χ0) is 23.4. The summed E-state index contributed by atoms with van der Waals surface area (Å²) in [7, 11) is 0. The number of rotatable bonds is 10. The van der Waals surface area contributed by atoms with Gasteiger partial charge in [0.05, 0.1) is 0 Å². The lowest BCUT2D eigenvalue weighted by atomic mass is 9.76. The van der Waals surface area contributed by atoms with Crippen molar-refractivity contribution in [2.24, 2.45) is 10.8 Å². The maximum atomic E-state index is 13.5. The van der Waals surface area contributed by atoms with E-state index in [1.165, 1.54) is 11.8 Å². The van der Waals surface area contributed by atoms with E-state index in [1.54, 1.807) is 11.8 Å². The molecule has 0 saturated heterocycles. The van der Waals surface area contributed by atoms with Gasteiger partial charge in [0, 0.05) is 32.5 Å². The zero-order valence-corrected chi connectivity index (χ0v) is 21.0. The first-order valence-electron chi connectivity index (χ1n) is 10.9. The molecule has 2 aromatic carbocycles. The number of hydrogen-bond acceptors (Lipinski definition) is 3. The first-order chi connectivity index (χ1) is 14.4. The largest absolute Gasteiger partial charge is 0.294 e. The molecule has 0 heterocycles. The number of benzene rings is 2. The molecular weight excluding hydrogens is 400 g/mol. The molecule has 0 fully saturated rings. The molecule has 2 rings (SSSR count). The van der Waals surface area contributed by atoms with Gasteiger partial charge in [-0.15, -0.1) is 0 Å². The second-order valence-corrected chi connectivity index (χ2v) is 11.1. The Morgan fingerprint density at radius 2 is 0.903 bits per heavy atom. The van der Waals surface area contributed by atoms with Crippen LogP contribution in [-0.4, -0.2) is 22.1 Å². The average Bonchev–Trinajstić information content (AvgIpc) is 2.73. The highest BCUT2D eigenvalue weighted by Gasteiger charge is 2.46. The highest BCUT2D eigenvalue weighted by molar-refractivity contribution is 8.01. The van der Waals surface area contributed by atoms with Gasteiger partial charge in [0.2, 0.25) is 0 Å². The van der Waals surface area contributed by atoms with Crippen LogP contribution in [0.1, 0.15) is 76.1 Å². The van der Waals surface area contributed by atoms with E-state index >= 15 is 0 Å². The molecule has 0 saturated carbocycles. The van der Waals surface area contributed by atoms with Gasteiger partial charge >= 0.3 is 0 Å². The summed E-state index contributed by atoms with van der Waals surface area (Å²) in [5.41, 5.74) is 0.245. The third-order valence-corrected chi connectivity index (χ3v) is 8.54. The summed E-state index contributed by atoms with van der Waals surface area (Å²) in [6.45, 7) is 16.5. The summed E-state index contributed by atoms with van der Waals surface area (Å²) in [4.78, 5) is 26.9. The SMILES string of the molecule is C[C](C)C(SC([C](C)C)C(C)(C)C(=O)c1ccccc1)C(C)(C)C(=O)c1ccccc1. The molecule has 2 atom stereocenters. The first kappa shape index (κ1) is 25.4. The quantitative estimate of drug-likeness (QED) is 0.362. The molecule has 3 heteroatoms. The molecule has 0 aliphatic rings. The molecule has 0 spiro atoms. The predicted molar refractivity (Wildman–Crippen MR) is 133 cm³/mol. The fraction of sp³-hybridized carbons (Fsp3) is 0.429. The maximum absolute atomic E-state index is 13.5. The number of thioether (sulfide) groups is 1. The minimum absolute atomic E-state index is 0.0250. The molecule has 0 aliphatic heterocycles. The summed E-state index contributed by atoms with van der Waals surface area (Å²) < 4.78 is 0. The van der Waals surface area contributed by atoms with Crippen LogP contribution in [0, 0.1) is 22.7 Å². The number of carbonyl (C=O) groups excluding carboxylic acids is 2. The summed E-state index contributed by atoms with van der Waals surface area (Å²) in [6.07, 6.45) is 0. The first-order valence-corrected chi connectivity index (χ1v) is 11.8. The molecule has 0 amide bonds. The van der Waals surface area contributed by atoms with Crippen LogP contribution in [0.2, 0.25) is 0 Å². The highest BCUT2D eigenvalue weighted by Crippen LogP contribution is 2.48. The van der Waals surface area contributed by atoms with Crippen LogP contribution in [0.15, 0.2) is 60.7 Å². The average molecular weight is 437 g/mol. The Labute approximate surface area is 193 Å². The van der Waals surface area contributed by atoms with Crippen LogP contribution < -0.4 is 0 Å². The fourth-order valence-electron chi connectivity index (χ4n) is 4.35. The lowest BCUT2D eigenvalue weighted by Gasteiger charge is -2.43. The van der Waals surface area contributed by atoms with Crippen molar-refractivity contribution in [3.63, 3.8) is 0 Å². The Morgan fingerprint density at radius 3 is 1.16 bits per heavy atom. The second kappa shape index (κ2) is 10.2. The van der Waals surface area contributed by atoms with E-state index in [1.807, 2.05) is 88.4 Å². The number of ketones is 2. The minimum atomic E-state index is -0.607. The molecule has 2 aromatic rings. The van der Waals surface area contributed by atoms with Gasteiger partial charge in [-0.2, -0.15) is 11.8 Å². The van der Waals surface area contributed by atoms with E-state index in [-0.39, 0.29) is 22.1 Å². The predicted octanol–water partition coefficient (Wildman–Crippen LogP) is 7.50. The van der Waals surface area contributed by atoms with Crippen molar-refractivity contribution >= 4 is 23.3 Å². The monoisotopic (exact) mass is 436 g/mol. The second-order valence-electron chi connectivity index (χ2n) is 9.88. The molecule has 0 bridgehead atoms. The number of Topliss-reactive ketones (excluding diaryl/α,β-unsaturated/α-hetero) is 2. The highest BCUT2D eigenvalue weighted by atomic mass is 32.2. The standard InChI is InChI=1S/C28H36O2S/c1-19(2)25(27(5,6)23(29)21-15-11-9-12-16-21)31-26(20(3)4)28(7,8)24(30)22-17-13-10-14-18-22/h9-18,25-26H,1-8H3. The van der Waals surface area contributed by atoms with E-state index < -0.39 is 10.8 Å². The molecule has 0 aliphatic carbocycles. The molecule has 2 radical (unpaired) electrons.